The van der Waals surface area contributed by atoms with Crippen LogP contribution in [0.1, 0.15) is 25.6 Å². The molecule has 100 valence electrons. The highest BCUT2D eigenvalue weighted by molar-refractivity contribution is 7.99. The van der Waals surface area contributed by atoms with Gasteiger partial charge in [0.05, 0.1) is 12.9 Å². The van der Waals surface area contributed by atoms with Gasteiger partial charge in [0.2, 0.25) is 0 Å². The highest BCUT2D eigenvalue weighted by Gasteiger charge is 2.22. The Hall–Kier alpha value is -1.50. The van der Waals surface area contributed by atoms with E-state index in [0.717, 1.165) is 17.5 Å². The van der Waals surface area contributed by atoms with E-state index in [4.69, 9.17) is 9.84 Å². The van der Waals surface area contributed by atoms with Gasteiger partial charge < -0.3 is 14.4 Å². The molecule has 1 N–H and O–H groups in total. The van der Waals surface area contributed by atoms with E-state index in [-0.39, 0.29) is 11.7 Å². The van der Waals surface area contributed by atoms with Crippen molar-refractivity contribution in [1.82, 2.24) is 9.55 Å². The van der Waals surface area contributed by atoms with Gasteiger partial charge in [-0.1, -0.05) is 18.7 Å². The number of rotatable bonds is 6. The lowest BCUT2D eigenvalue weighted by atomic mass is 10.3. The molecule has 0 spiro atoms. The summed E-state index contributed by atoms with van der Waals surface area (Å²) in [4.78, 5) is 26.3. The van der Waals surface area contributed by atoms with E-state index in [0.29, 0.717) is 11.6 Å². The van der Waals surface area contributed by atoms with Gasteiger partial charge in [0, 0.05) is 11.9 Å². The summed E-state index contributed by atoms with van der Waals surface area (Å²) in [5.74, 6) is -1.38. The number of hydrogen-bond donors (Lipinski definition) is 1. The first-order chi connectivity index (χ1) is 8.51. The van der Waals surface area contributed by atoms with Crippen LogP contribution in [0.3, 0.4) is 0 Å². The molecule has 1 unspecified atom stereocenters. The van der Waals surface area contributed by atoms with Crippen molar-refractivity contribution in [2.75, 3.05) is 12.9 Å². The van der Waals surface area contributed by atoms with Crippen LogP contribution < -0.4 is 0 Å². The Morgan fingerprint density at radius 1 is 1.61 bits per heavy atom. The third-order valence-corrected chi connectivity index (χ3v) is 3.41. The van der Waals surface area contributed by atoms with E-state index in [1.54, 1.807) is 17.7 Å². The predicted octanol–water partition coefficient (Wildman–Crippen LogP) is 1.36. The van der Waals surface area contributed by atoms with E-state index >= 15 is 0 Å². The van der Waals surface area contributed by atoms with Gasteiger partial charge in [-0.2, -0.15) is 0 Å². The van der Waals surface area contributed by atoms with Crippen molar-refractivity contribution in [2.24, 2.45) is 0 Å². The molecule has 0 saturated heterocycles. The van der Waals surface area contributed by atoms with Gasteiger partial charge in [-0.25, -0.2) is 9.78 Å². The van der Waals surface area contributed by atoms with Gasteiger partial charge in [0.25, 0.3) is 0 Å². The molecule has 0 fully saturated rings. The third kappa shape index (κ3) is 3.25. The summed E-state index contributed by atoms with van der Waals surface area (Å²) >= 11 is 1.09. The summed E-state index contributed by atoms with van der Waals surface area (Å²) < 4.78 is 6.42. The molecule has 0 aromatic carbocycles. The lowest BCUT2D eigenvalue weighted by Gasteiger charge is -2.16. The maximum atomic E-state index is 11.6. The van der Waals surface area contributed by atoms with E-state index < -0.39 is 12.0 Å². The van der Waals surface area contributed by atoms with E-state index in [1.807, 2.05) is 6.92 Å². The van der Waals surface area contributed by atoms with Crippen LogP contribution in [0, 0.1) is 0 Å². The zero-order chi connectivity index (χ0) is 13.7. The van der Waals surface area contributed by atoms with Crippen molar-refractivity contribution in [3.8, 4) is 0 Å². The molecule has 0 aliphatic rings. The molecule has 0 saturated carbocycles. The van der Waals surface area contributed by atoms with Gasteiger partial charge in [-0.3, -0.25) is 4.79 Å². The zero-order valence-electron chi connectivity index (χ0n) is 10.5. The molecule has 0 bridgehead atoms. The fourth-order valence-corrected chi connectivity index (χ4v) is 2.36. The number of aromatic nitrogens is 2. The number of esters is 1. The smallest absolute Gasteiger partial charge is 0.328 e. The molecular weight excluding hydrogens is 256 g/mol. The van der Waals surface area contributed by atoms with Crippen LogP contribution in [-0.4, -0.2) is 39.5 Å². The first kappa shape index (κ1) is 14.6. The fourth-order valence-electron chi connectivity index (χ4n) is 1.56. The van der Waals surface area contributed by atoms with Crippen molar-refractivity contribution in [3.63, 3.8) is 0 Å². The zero-order valence-corrected chi connectivity index (χ0v) is 11.4. The molecule has 1 aromatic heterocycles. The Morgan fingerprint density at radius 3 is 2.78 bits per heavy atom. The SMILES string of the molecule is CCc1cnc(SCC(=O)O)n1C(C)C(=O)OC. The average Bonchev–Trinajstić information content (AvgIpc) is 2.77. The molecule has 1 heterocycles. The second kappa shape index (κ2) is 6.44. The number of ether oxygens (including phenoxy) is 1. The highest BCUT2D eigenvalue weighted by atomic mass is 32.2. The number of carbonyl (C=O) groups excluding carboxylic acids is 1. The van der Waals surface area contributed by atoms with E-state index in [9.17, 15) is 9.59 Å². The number of aliphatic carboxylic acids is 1. The molecule has 18 heavy (non-hydrogen) atoms. The summed E-state index contributed by atoms with van der Waals surface area (Å²) in [7, 11) is 1.32. The number of carboxylic acid groups (broad SMARTS) is 1. The summed E-state index contributed by atoms with van der Waals surface area (Å²) in [6.45, 7) is 3.65. The van der Waals surface area contributed by atoms with Crippen molar-refractivity contribution >= 4 is 23.7 Å². The normalized spacial score (nSPS) is 12.2. The largest absolute Gasteiger partial charge is 0.481 e. The van der Waals surface area contributed by atoms with Crippen molar-refractivity contribution in [2.45, 2.75) is 31.5 Å². The molecule has 0 radical (unpaired) electrons. The number of hydrogen-bond acceptors (Lipinski definition) is 5. The second-order valence-electron chi connectivity index (χ2n) is 3.64. The lowest BCUT2D eigenvalue weighted by molar-refractivity contribution is -0.144. The first-order valence-corrected chi connectivity index (χ1v) is 6.48. The molecule has 0 aliphatic heterocycles. The monoisotopic (exact) mass is 272 g/mol. The topological polar surface area (TPSA) is 81.4 Å². The van der Waals surface area contributed by atoms with Crippen LogP contribution in [0.2, 0.25) is 0 Å². The number of methoxy groups -OCH3 is 1. The number of aryl methyl sites for hydroxylation is 1. The molecule has 1 atom stereocenters. The fraction of sp³-hybridized carbons (Fsp3) is 0.545. The Labute approximate surface area is 109 Å². The molecule has 0 aliphatic carbocycles. The van der Waals surface area contributed by atoms with E-state index in [1.165, 1.54) is 7.11 Å². The van der Waals surface area contributed by atoms with Crippen LogP contribution >= 0.6 is 11.8 Å². The predicted molar refractivity (Wildman–Crippen MR) is 66.7 cm³/mol. The van der Waals surface area contributed by atoms with Gasteiger partial charge in [0.1, 0.15) is 6.04 Å². The average molecular weight is 272 g/mol. The van der Waals surface area contributed by atoms with Crippen molar-refractivity contribution in [1.29, 1.82) is 0 Å². The van der Waals surface area contributed by atoms with Gasteiger partial charge in [-0.15, -0.1) is 0 Å². The summed E-state index contributed by atoms with van der Waals surface area (Å²) in [6.07, 6.45) is 2.37. The lowest BCUT2D eigenvalue weighted by Crippen LogP contribution is -2.20. The van der Waals surface area contributed by atoms with Gasteiger partial charge in [0.15, 0.2) is 5.16 Å². The molecular formula is C11H16N2O4S. The number of carbonyl (C=O) groups is 2. The van der Waals surface area contributed by atoms with Gasteiger partial charge in [-0.05, 0) is 13.3 Å². The van der Waals surface area contributed by atoms with Crippen LogP contribution in [0.15, 0.2) is 11.4 Å². The maximum absolute atomic E-state index is 11.6. The maximum Gasteiger partial charge on any atom is 0.328 e. The van der Waals surface area contributed by atoms with Crippen molar-refractivity contribution < 1.29 is 19.4 Å². The number of imidazole rings is 1. The van der Waals surface area contributed by atoms with E-state index in [2.05, 4.69) is 4.98 Å². The Balaban J connectivity index is 3.01. The third-order valence-electron chi connectivity index (χ3n) is 2.46. The van der Waals surface area contributed by atoms with Crippen LogP contribution in [0.25, 0.3) is 0 Å². The first-order valence-electron chi connectivity index (χ1n) is 5.49. The van der Waals surface area contributed by atoms with Crippen molar-refractivity contribution in [3.05, 3.63) is 11.9 Å². The summed E-state index contributed by atoms with van der Waals surface area (Å²) in [6, 6.07) is -0.510. The van der Waals surface area contributed by atoms with Gasteiger partial charge >= 0.3 is 11.9 Å². The molecule has 0 amide bonds. The minimum Gasteiger partial charge on any atom is -0.481 e. The summed E-state index contributed by atoms with van der Waals surface area (Å²) in [5, 5.41) is 9.19. The highest BCUT2D eigenvalue weighted by Crippen LogP contribution is 2.24. The summed E-state index contributed by atoms with van der Waals surface area (Å²) in [5.41, 5.74) is 0.876. The number of carboxylic acids is 1. The Bertz CT molecular complexity index is 444. The Kier molecular flexibility index (Phi) is 5.21. The quantitative estimate of drug-likeness (QED) is 0.622. The second-order valence-corrected chi connectivity index (χ2v) is 4.58. The minimum atomic E-state index is -0.918. The van der Waals surface area contributed by atoms with Crippen LogP contribution in [-0.2, 0) is 20.7 Å². The Morgan fingerprint density at radius 2 is 2.28 bits per heavy atom. The number of nitrogens with zero attached hydrogens (tertiary/aromatic N) is 2. The molecule has 6 nitrogen and oxygen atoms in total. The molecule has 1 aromatic rings. The van der Waals surface area contributed by atoms with Crippen LogP contribution in [0.5, 0.6) is 0 Å². The van der Waals surface area contributed by atoms with Crippen LogP contribution in [0.4, 0.5) is 0 Å². The standard InChI is InChI=1S/C11H16N2O4S/c1-4-8-5-12-11(18-6-9(14)15)13(8)7(2)10(16)17-3/h5,7H,4,6H2,1-3H3,(H,14,15). The molecule has 7 heteroatoms. The molecule has 1 rings (SSSR count). The number of thioether (sulfide) groups is 1. The minimum absolute atomic E-state index is 0.0892.